The number of piperazine rings is 1. The second-order valence-electron chi connectivity index (χ2n) is 7.97. The number of amides is 2. The van der Waals surface area contributed by atoms with Crippen molar-refractivity contribution in [2.45, 2.75) is 38.4 Å². The van der Waals surface area contributed by atoms with Crippen LogP contribution in [0.25, 0.3) is 5.69 Å². The van der Waals surface area contributed by atoms with Crippen LogP contribution in [0.5, 0.6) is 0 Å². The molecular formula is C23H27N5O2S2. The van der Waals surface area contributed by atoms with Crippen molar-refractivity contribution in [3.05, 3.63) is 58.0 Å². The number of aromatic nitrogens is 3. The monoisotopic (exact) mass is 469 g/mol. The molecule has 2 amide bonds. The van der Waals surface area contributed by atoms with Crippen LogP contribution < -0.4 is 0 Å². The van der Waals surface area contributed by atoms with E-state index in [2.05, 4.69) is 23.2 Å². The highest BCUT2D eigenvalue weighted by atomic mass is 32.2. The summed E-state index contributed by atoms with van der Waals surface area (Å²) >= 11 is 3.00. The van der Waals surface area contributed by atoms with Gasteiger partial charge in [-0.15, -0.1) is 21.5 Å². The smallest absolute Gasteiger partial charge is 0.233 e. The molecule has 3 aromatic rings. The molecule has 0 saturated carbocycles. The van der Waals surface area contributed by atoms with Crippen LogP contribution in [0.4, 0.5) is 0 Å². The van der Waals surface area contributed by atoms with Crippen molar-refractivity contribution >= 4 is 34.9 Å². The van der Waals surface area contributed by atoms with Gasteiger partial charge in [0.05, 0.1) is 17.9 Å². The number of thioether (sulfide) groups is 1. The van der Waals surface area contributed by atoms with Crippen LogP contribution in [0.15, 0.2) is 46.9 Å². The molecule has 0 radical (unpaired) electrons. The normalized spacial score (nSPS) is 16.4. The lowest BCUT2D eigenvalue weighted by atomic mass is 10.1. The molecule has 0 aliphatic carbocycles. The summed E-state index contributed by atoms with van der Waals surface area (Å²) < 4.78 is 2.00. The number of para-hydroxylation sites is 1. The average Bonchev–Trinajstić information content (AvgIpc) is 3.42. The number of thiophene rings is 1. The van der Waals surface area contributed by atoms with Crippen LogP contribution in [-0.4, -0.2) is 67.8 Å². The Labute approximate surface area is 196 Å². The third-order valence-electron chi connectivity index (χ3n) is 5.68. The first kappa shape index (κ1) is 22.5. The molecule has 1 saturated heterocycles. The zero-order valence-corrected chi connectivity index (χ0v) is 20.2. The fraction of sp³-hybridized carbons (Fsp3) is 0.391. The summed E-state index contributed by atoms with van der Waals surface area (Å²) in [5.41, 5.74) is 2.15. The van der Waals surface area contributed by atoms with Crippen molar-refractivity contribution in [1.29, 1.82) is 0 Å². The Hall–Kier alpha value is -2.65. The van der Waals surface area contributed by atoms with E-state index >= 15 is 0 Å². The summed E-state index contributed by atoms with van der Waals surface area (Å²) in [4.78, 5) is 30.4. The molecule has 7 nitrogen and oxygen atoms in total. The Bertz CT molecular complexity index is 1100. The van der Waals surface area contributed by atoms with Crippen molar-refractivity contribution in [2.75, 3.05) is 25.4 Å². The molecule has 1 atom stereocenters. The number of hydrogen-bond acceptors (Lipinski definition) is 6. The Balaban J connectivity index is 1.35. The minimum atomic E-state index is 0.00280. The molecule has 168 valence electrons. The van der Waals surface area contributed by atoms with E-state index in [4.69, 9.17) is 0 Å². The number of aryl methyl sites for hydroxylation is 2. The predicted octanol–water partition coefficient (Wildman–Crippen LogP) is 3.34. The summed E-state index contributed by atoms with van der Waals surface area (Å²) in [6.07, 6.45) is 0.430. The second-order valence-corrected chi connectivity index (χ2v) is 9.95. The first-order chi connectivity index (χ1) is 15.4. The number of carbonyl (C=O) groups excluding carboxylic acids is 2. The Morgan fingerprint density at radius 2 is 1.91 bits per heavy atom. The van der Waals surface area contributed by atoms with Crippen molar-refractivity contribution < 1.29 is 9.59 Å². The summed E-state index contributed by atoms with van der Waals surface area (Å²) in [6, 6.07) is 12.0. The lowest BCUT2D eigenvalue weighted by molar-refractivity contribution is -0.140. The molecule has 4 rings (SSSR count). The van der Waals surface area contributed by atoms with Gasteiger partial charge in [-0.2, -0.15) is 0 Å². The highest BCUT2D eigenvalue weighted by Crippen LogP contribution is 2.24. The van der Waals surface area contributed by atoms with Crippen LogP contribution >= 0.6 is 23.1 Å². The molecule has 1 aromatic carbocycles. The molecule has 1 aliphatic rings. The Morgan fingerprint density at radius 1 is 1.09 bits per heavy atom. The zero-order valence-electron chi connectivity index (χ0n) is 18.5. The number of rotatable bonds is 6. The quantitative estimate of drug-likeness (QED) is 0.518. The lowest BCUT2D eigenvalue weighted by Crippen LogP contribution is -2.56. The van der Waals surface area contributed by atoms with Gasteiger partial charge in [-0.05, 0) is 43.8 Å². The van der Waals surface area contributed by atoms with Gasteiger partial charge in [0.15, 0.2) is 5.16 Å². The standard InChI is InChI=1S/C23H27N5O2S2/c1-16-7-4-5-9-20(16)28-18(3)24-25-23(28)32-15-22(30)26-10-11-27(17(2)14-26)21(29)13-19-8-6-12-31-19/h4-9,12,17H,10-11,13-15H2,1-3H3. The third kappa shape index (κ3) is 4.88. The van der Waals surface area contributed by atoms with Crippen LogP contribution in [-0.2, 0) is 16.0 Å². The van der Waals surface area contributed by atoms with Crippen molar-refractivity contribution in [3.8, 4) is 5.69 Å². The fourth-order valence-corrected chi connectivity index (χ4v) is 5.55. The van der Waals surface area contributed by atoms with Gasteiger partial charge in [0, 0.05) is 30.6 Å². The van der Waals surface area contributed by atoms with Gasteiger partial charge in [0.1, 0.15) is 5.82 Å². The van der Waals surface area contributed by atoms with Gasteiger partial charge < -0.3 is 9.80 Å². The van der Waals surface area contributed by atoms with Crippen molar-refractivity contribution in [1.82, 2.24) is 24.6 Å². The van der Waals surface area contributed by atoms with E-state index in [0.717, 1.165) is 22.0 Å². The molecule has 0 N–H and O–H groups in total. The van der Waals surface area contributed by atoms with Crippen molar-refractivity contribution in [3.63, 3.8) is 0 Å². The highest BCUT2D eigenvalue weighted by molar-refractivity contribution is 7.99. The molecule has 32 heavy (non-hydrogen) atoms. The van der Waals surface area contributed by atoms with Crippen LogP contribution in [0.1, 0.15) is 23.2 Å². The van der Waals surface area contributed by atoms with E-state index in [1.54, 1.807) is 11.3 Å². The van der Waals surface area contributed by atoms with Gasteiger partial charge >= 0.3 is 0 Å². The van der Waals surface area contributed by atoms with E-state index < -0.39 is 0 Å². The van der Waals surface area contributed by atoms with E-state index in [1.165, 1.54) is 11.8 Å². The highest BCUT2D eigenvalue weighted by Gasteiger charge is 2.30. The van der Waals surface area contributed by atoms with E-state index in [9.17, 15) is 9.59 Å². The largest absolute Gasteiger partial charge is 0.338 e. The zero-order chi connectivity index (χ0) is 22.7. The van der Waals surface area contributed by atoms with Gasteiger partial charge in [-0.25, -0.2) is 0 Å². The lowest BCUT2D eigenvalue weighted by Gasteiger charge is -2.40. The van der Waals surface area contributed by atoms with Crippen molar-refractivity contribution in [2.24, 2.45) is 0 Å². The molecule has 9 heteroatoms. The maximum atomic E-state index is 12.9. The summed E-state index contributed by atoms with van der Waals surface area (Å²) in [6.45, 7) is 7.66. The predicted molar refractivity (Wildman–Crippen MR) is 127 cm³/mol. The maximum Gasteiger partial charge on any atom is 0.233 e. The summed E-state index contributed by atoms with van der Waals surface area (Å²) in [7, 11) is 0. The van der Waals surface area contributed by atoms with Crippen LogP contribution in [0.3, 0.4) is 0 Å². The molecule has 3 heterocycles. The van der Waals surface area contributed by atoms with Gasteiger partial charge in [-0.3, -0.25) is 14.2 Å². The van der Waals surface area contributed by atoms with Crippen LogP contribution in [0, 0.1) is 13.8 Å². The van der Waals surface area contributed by atoms with Gasteiger partial charge in [0.2, 0.25) is 11.8 Å². The first-order valence-corrected chi connectivity index (χ1v) is 12.5. The van der Waals surface area contributed by atoms with Crippen LogP contribution in [0.2, 0.25) is 0 Å². The van der Waals surface area contributed by atoms with Gasteiger partial charge in [0.25, 0.3) is 0 Å². The number of benzene rings is 1. The SMILES string of the molecule is Cc1ccccc1-n1c(C)nnc1SCC(=O)N1CCN(C(=O)Cc2cccs2)C(C)C1. The summed E-state index contributed by atoms with van der Waals surface area (Å²) in [5, 5.41) is 11.2. The topological polar surface area (TPSA) is 71.3 Å². The second kappa shape index (κ2) is 9.87. The maximum absolute atomic E-state index is 12.9. The molecular weight excluding hydrogens is 442 g/mol. The molecule has 0 spiro atoms. The van der Waals surface area contributed by atoms with E-state index in [1.807, 2.05) is 63.9 Å². The molecule has 2 aromatic heterocycles. The third-order valence-corrected chi connectivity index (χ3v) is 7.47. The molecule has 1 fully saturated rings. The number of hydrogen-bond donors (Lipinski definition) is 0. The van der Waals surface area contributed by atoms with E-state index in [0.29, 0.717) is 37.0 Å². The summed E-state index contributed by atoms with van der Waals surface area (Å²) in [5.74, 6) is 1.27. The average molecular weight is 470 g/mol. The molecule has 1 unspecified atom stereocenters. The van der Waals surface area contributed by atoms with E-state index in [-0.39, 0.29) is 17.9 Å². The Kier molecular flexibility index (Phi) is 6.95. The minimum absolute atomic E-state index is 0.00280. The molecule has 1 aliphatic heterocycles. The first-order valence-electron chi connectivity index (χ1n) is 10.6. The fourth-order valence-electron chi connectivity index (χ4n) is 3.96. The minimum Gasteiger partial charge on any atom is -0.338 e. The number of carbonyl (C=O) groups is 2. The Morgan fingerprint density at radius 3 is 2.62 bits per heavy atom. The molecule has 0 bridgehead atoms. The van der Waals surface area contributed by atoms with Gasteiger partial charge in [-0.1, -0.05) is 36.0 Å². The number of nitrogens with zero attached hydrogens (tertiary/aromatic N) is 5.